The van der Waals surface area contributed by atoms with Crippen LogP contribution in [0, 0.1) is 0 Å². The molecule has 1 atom stereocenters. The number of carbonyl (C=O) groups excluding carboxylic acids is 2. The average molecular weight is 479 g/mol. The second-order valence-electron chi connectivity index (χ2n) is 7.36. The summed E-state index contributed by atoms with van der Waals surface area (Å²) in [5.41, 5.74) is 3.20. The number of hydrogen-bond donors (Lipinski definition) is 0. The fraction of sp³-hybridized carbons (Fsp3) is 0.167. The number of halogens is 1. The third kappa shape index (κ3) is 2.84. The fourth-order valence-electron chi connectivity index (χ4n) is 4.40. The lowest BCUT2D eigenvalue weighted by atomic mass is 10.0. The van der Waals surface area contributed by atoms with Crippen molar-refractivity contribution in [1.29, 1.82) is 0 Å². The first-order chi connectivity index (χ1) is 15.1. The molecule has 3 aromatic rings. The maximum absolute atomic E-state index is 13.7. The average Bonchev–Trinajstić information content (AvgIpc) is 3.09. The number of para-hydroxylation sites is 1. The lowest BCUT2D eigenvalue weighted by molar-refractivity contribution is 0.0629. The Labute approximate surface area is 188 Å². The van der Waals surface area contributed by atoms with Gasteiger partial charge in [-0.05, 0) is 29.8 Å². The van der Waals surface area contributed by atoms with Crippen LogP contribution in [-0.2, 0) is 6.54 Å². The van der Waals surface area contributed by atoms with Gasteiger partial charge < -0.3 is 14.4 Å². The zero-order valence-corrected chi connectivity index (χ0v) is 18.5. The van der Waals surface area contributed by atoms with Crippen LogP contribution >= 0.6 is 15.9 Å². The molecule has 0 aromatic heterocycles. The van der Waals surface area contributed by atoms with E-state index < -0.39 is 6.17 Å². The molecule has 0 bridgehead atoms. The molecule has 5 rings (SSSR count). The van der Waals surface area contributed by atoms with Crippen molar-refractivity contribution in [3.63, 3.8) is 0 Å². The molecule has 0 saturated heterocycles. The third-order valence-corrected chi connectivity index (χ3v) is 6.56. The summed E-state index contributed by atoms with van der Waals surface area (Å²) in [6.45, 7) is 0.344. The largest absolute Gasteiger partial charge is 0.493 e. The Hall–Kier alpha value is -3.32. The molecule has 0 saturated carbocycles. The minimum absolute atomic E-state index is 0.122. The Morgan fingerprint density at radius 3 is 2.39 bits per heavy atom. The van der Waals surface area contributed by atoms with Crippen molar-refractivity contribution in [2.24, 2.45) is 0 Å². The molecule has 0 spiro atoms. The molecule has 2 aliphatic heterocycles. The highest BCUT2D eigenvalue weighted by Gasteiger charge is 2.49. The van der Waals surface area contributed by atoms with E-state index in [1.165, 1.54) is 14.2 Å². The van der Waals surface area contributed by atoms with E-state index in [9.17, 15) is 9.59 Å². The van der Waals surface area contributed by atoms with Crippen LogP contribution in [0.2, 0.25) is 0 Å². The Bertz CT molecular complexity index is 1230. The summed E-state index contributed by atoms with van der Waals surface area (Å²) in [5.74, 6) is 0.521. The number of hydrogen-bond acceptors (Lipinski definition) is 4. The molecule has 0 aliphatic carbocycles. The summed E-state index contributed by atoms with van der Waals surface area (Å²) < 4.78 is 11.9. The van der Waals surface area contributed by atoms with Crippen LogP contribution in [0.5, 0.6) is 11.5 Å². The highest BCUT2D eigenvalue weighted by Crippen LogP contribution is 2.50. The molecule has 0 radical (unpaired) electrons. The van der Waals surface area contributed by atoms with Gasteiger partial charge in [0.05, 0.1) is 31.0 Å². The standard InChI is InChI=1S/C24H19BrN2O4/c1-30-19-12-11-16-20(21(19)31-2)24(29)27-18-10-6-4-8-15(18)23(28)26(22(16)27)13-14-7-3-5-9-17(14)25/h3-12,22H,13H2,1-2H3. The molecule has 1 unspecified atom stereocenters. The number of fused-ring (bicyclic) bond motifs is 5. The molecule has 0 fully saturated rings. The quantitative estimate of drug-likeness (QED) is 0.541. The maximum Gasteiger partial charge on any atom is 0.264 e. The molecule has 0 N–H and O–H groups in total. The smallest absolute Gasteiger partial charge is 0.264 e. The van der Waals surface area contributed by atoms with Crippen LogP contribution in [-0.4, -0.2) is 30.9 Å². The number of benzene rings is 3. The van der Waals surface area contributed by atoms with Gasteiger partial charge in [-0.3, -0.25) is 14.5 Å². The van der Waals surface area contributed by atoms with E-state index in [0.717, 1.165) is 15.6 Å². The normalized spacial score (nSPS) is 16.7. The summed E-state index contributed by atoms with van der Waals surface area (Å²) in [6, 6.07) is 18.6. The van der Waals surface area contributed by atoms with Crippen LogP contribution in [0.4, 0.5) is 5.69 Å². The van der Waals surface area contributed by atoms with Gasteiger partial charge in [0, 0.05) is 16.6 Å². The lowest BCUT2D eigenvalue weighted by Gasteiger charge is -2.41. The van der Waals surface area contributed by atoms with Gasteiger partial charge in [0.1, 0.15) is 6.17 Å². The van der Waals surface area contributed by atoms with Crippen LogP contribution < -0.4 is 14.4 Å². The number of nitrogens with zero attached hydrogens (tertiary/aromatic N) is 2. The van der Waals surface area contributed by atoms with Crippen molar-refractivity contribution >= 4 is 33.4 Å². The van der Waals surface area contributed by atoms with Crippen molar-refractivity contribution in [3.8, 4) is 11.5 Å². The van der Waals surface area contributed by atoms with Crippen molar-refractivity contribution in [1.82, 2.24) is 4.90 Å². The molecule has 2 heterocycles. The monoisotopic (exact) mass is 478 g/mol. The van der Waals surface area contributed by atoms with Crippen LogP contribution in [0.3, 0.4) is 0 Å². The minimum Gasteiger partial charge on any atom is -0.493 e. The highest BCUT2D eigenvalue weighted by molar-refractivity contribution is 9.10. The summed E-state index contributed by atoms with van der Waals surface area (Å²) >= 11 is 3.58. The predicted molar refractivity (Wildman–Crippen MR) is 120 cm³/mol. The minimum atomic E-state index is -0.572. The first-order valence-electron chi connectivity index (χ1n) is 9.78. The van der Waals surface area contributed by atoms with Crippen molar-refractivity contribution in [3.05, 3.63) is 87.4 Å². The molecule has 7 heteroatoms. The van der Waals surface area contributed by atoms with Gasteiger partial charge in [-0.2, -0.15) is 0 Å². The second kappa shape index (κ2) is 7.42. The second-order valence-corrected chi connectivity index (χ2v) is 8.21. The predicted octanol–water partition coefficient (Wildman–Crippen LogP) is 4.78. The van der Waals surface area contributed by atoms with Gasteiger partial charge in [0.2, 0.25) is 0 Å². The first-order valence-corrected chi connectivity index (χ1v) is 10.6. The molecule has 6 nitrogen and oxygen atoms in total. The Balaban J connectivity index is 1.73. The van der Waals surface area contributed by atoms with E-state index in [1.54, 1.807) is 21.9 Å². The zero-order valence-electron chi connectivity index (χ0n) is 17.0. The van der Waals surface area contributed by atoms with Gasteiger partial charge in [-0.1, -0.05) is 52.3 Å². The van der Waals surface area contributed by atoms with Crippen LogP contribution in [0.1, 0.15) is 38.0 Å². The topological polar surface area (TPSA) is 59.1 Å². The number of ether oxygens (including phenoxy) is 2. The number of carbonyl (C=O) groups is 2. The fourth-order valence-corrected chi connectivity index (χ4v) is 4.81. The Morgan fingerprint density at radius 1 is 0.903 bits per heavy atom. The SMILES string of the molecule is COc1ccc2c(c1OC)C(=O)N1c3ccccc3C(=O)N(Cc3ccccc3Br)C21. The summed E-state index contributed by atoms with van der Waals surface area (Å²) in [7, 11) is 3.05. The molecule has 156 valence electrons. The molecular weight excluding hydrogens is 460 g/mol. The van der Waals surface area contributed by atoms with E-state index in [0.29, 0.717) is 34.9 Å². The molecule has 3 aromatic carbocycles. The number of rotatable bonds is 4. The van der Waals surface area contributed by atoms with E-state index in [4.69, 9.17) is 9.47 Å². The van der Waals surface area contributed by atoms with E-state index in [1.807, 2.05) is 48.5 Å². The first kappa shape index (κ1) is 19.6. The maximum atomic E-state index is 13.7. The number of amides is 2. The lowest BCUT2D eigenvalue weighted by Crippen LogP contribution is -2.47. The Morgan fingerprint density at radius 2 is 1.65 bits per heavy atom. The molecule has 2 amide bonds. The van der Waals surface area contributed by atoms with Crippen LogP contribution in [0.15, 0.2) is 65.1 Å². The highest BCUT2D eigenvalue weighted by atomic mass is 79.9. The zero-order chi connectivity index (χ0) is 21.7. The van der Waals surface area contributed by atoms with Crippen molar-refractivity contribution in [2.75, 3.05) is 19.1 Å². The Kier molecular flexibility index (Phi) is 4.70. The number of methoxy groups -OCH3 is 2. The molecule has 2 aliphatic rings. The molecular formula is C24H19BrN2O4. The van der Waals surface area contributed by atoms with Gasteiger partial charge in [-0.15, -0.1) is 0 Å². The summed E-state index contributed by atoms with van der Waals surface area (Å²) in [6.07, 6.45) is -0.572. The van der Waals surface area contributed by atoms with E-state index >= 15 is 0 Å². The van der Waals surface area contributed by atoms with Gasteiger partial charge in [-0.25, -0.2) is 0 Å². The molecule has 31 heavy (non-hydrogen) atoms. The van der Waals surface area contributed by atoms with Crippen LogP contribution in [0.25, 0.3) is 0 Å². The number of anilines is 1. The van der Waals surface area contributed by atoms with Gasteiger partial charge in [0.25, 0.3) is 11.8 Å². The van der Waals surface area contributed by atoms with E-state index in [-0.39, 0.29) is 11.8 Å². The third-order valence-electron chi connectivity index (χ3n) is 5.78. The summed E-state index contributed by atoms with van der Waals surface area (Å²) in [5, 5.41) is 0. The van der Waals surface area contributed by atoms with Crippen molar-refractivity contribution < 1.29 is 19.1 Å². The summed E-state index contributed by atoms with van der Waals surface area (Å²) in [4.78, 5) is 30.7. The van der Waals surface area contributed by atoms with Crippen molar-refractivity contribution in [2.45, 2.75) is 12.7 Å². The van der Waals surface area contributed by atoms with E-state index in [2.05, 4.69) is 15.9 Å². The van der Waals surface area contributed by atoms with Gasteiger partial charge >= 0.3 is 0 Å². The van der Waals surface area contributed by atoms with Gasteiger partial charge in [0.15, 0.2) is 11.5 Å².